The van der Waals surface area contributed by atoms with Gasteiger partial charge >= 0.3 is 5.97 Å². The predicted molar refractivity (Wildman–Crippen MR) is 71.2 cm³/mol. The van der Waals surface area contributed by atoms with Crippen LogP contribution in [0.5, 0.6) is 0 Å². The fourth-order valence-electron chi connectivity index (χ4n) is 1.32. The van der Waals surface area contributed by atoms with Crippen molar-refractivity contribution in [3.05, 3.63) is 20.8 Å². The topological polar surface area (TPSA) is 58.6 Å². The van der Waals surface area contributed by atoms with E-state index in [1.54, 1.807) is 11.3 Å². The molecule has 1 unspecified atom stereocenters. The van der Waals surface area contributed by atoms with E-state index in [1.165, 1.54) is 18.9 Å². The van der Waals surface area contributed by atoms with Gasteiger partial charge in [-0.05, 0) is 41.4 Å². The van der Waals surface area contributed by atoms with Crippen molar-refractivity contribution in [3.8, 4) is 0 Å². The van der Waals surface area contributed by atoms with E-state index in [1.807, 2.05) is 6.07 Å². The number of hydrogen-bond acceptors (Lipinski definition) is 5. The van der Waals surface area contributed by atoms with E-state index >= 15 is 0 Å². The number of carbonyl (C=O) groups excluding carboxylic acids is 1. The fraction of sp³-hybridized carbons (Fsp3) is 0.545. The van der Waals surface area contributed by atoms with Crippen molar-refractivity contribution in [2.45, 2.75) is 18.9 Å². The molecule has 0 aromatic carbocycles. The standard InChI is InChI=1S/C11H16BrNO3S/c1-11(15,10(14)16-2)7-13-6-5-8-3-4-9(12)17-8/h3-4,13,15H,5-7H2,1-2H3. The summed E-state index contributed by atoms with van der Waals surface area (Å²) >= 11 is 5.08. The third-order valence-corrected chi connectivity index (χ3v) is 3.95. The van der Waals surface area contributed by atoms with Crippen LogP contribution in [0.15, 0.2) is 15.9 Å². The lowest BCUT2D eigenvalue weighted by Crippen LogP contribution is -2.46. The van der Waals surface area contributed by atoms with Gasteiger partial charge in [0.15, 0.2) is 5.60 Å². The number of rotatable bonds is 6. The number of halogens is 1. The highest BCUT2D eigenvalue weighted by atomic mass is 79.9. The summed E-state index contributed by atoms with van der Waals surface area (Å²) in [6.07, 6.45) is 0.869. The Morgan fingerprint density at radius 2 is 2.35 bits per heavy atom. The van der Waals surface area contributed by atoms with E-state index in [-0.39, 0.29) is 6.54 Å². The van der Waals surface area contributed by atoms with Crippen molar-refractivity contribution in [2.24, 2.45) is 0 Å². The minimum Gasteiger partial charge on any atom is -0.467 e. The molecule has 1 atom stereocenters. The highest BCUT2D eigenvalue weighted by molar-refractivity contribution is 9.11. The molecule has 0 amide bonds. The molecular weight excluding hydrogens is 306 g/mol. The lowest BCUT2D eigenvalue weighted by Gasteiger charge is -2.20. The number of esters is 1. The molecule has 2 N–H and O–H groups in total. The van der Waals surface area contributed by atoms with E-state index < -0.39 is 11.6 Å². The second-order valence-electron chi connectivity index (χ2n) is 3.90. The molecule has 0 fully saturated rings. The van der Waals surface area contributed by atoms with Crippen LogP contribution >= 0.6 is 27.3 Å². The van der Waals surface area contributed by atoms with Gasteiger partial charge in [0, 0.05) is 18.0 Å². The Kier molecular flexibility index (Phi) is 5.58. The molecule has 4 nitrogen and oxygen atoms in total. The monoisotopic (exact) mass is 321 g/mol. The molecule has 1 aromatic heterocycles. The van der Waals surface area contributed by atoms with Gasteiger partial charge in [0.05, 0.1) is 10.9 Å². The molecule has 0 aliphatic carbocycles. The van der Waals surface area contributed by atoms with E-state index in [9.17, 15) is 9.90 Å². The Morgan fingerprint density at radius 1 is 1.65 bits per heavy atom. The van der Waals surface area contributed by atoms with Gasteiger partial charge in [0.2, 0.25) is 0 Å². The van der Waals surface area contributed by atoms with Crippen LogP contribution in [0.2, 0.25) is 0 Å². The summed E-state index contributed by atoms with van der Waals surface area (Å²) < 4.78 is 5.61. The van der Waals surface area contributed by atoms with Crippen LogP contribution in [0.3, 0.4) is 0 Å². The van der Waals surface area contributed by atoms with Crippen LogP contribution < -0.4 is 5.32 Å². The predicted octanol–water partition coefficient (Wildman–Crippen LogP) is 1.57. The van der Waals surface area contributed by atoms with Crippen LogP contribution in [0.4, 0.5) is 0 Å². The van der Waals surface area contributed by atoms with Crippen LogP contribution in [-0.4, -0.2) is 36.9 Å². The zero-order valence-electron chi connectivity index (χ0n) is 9.83. The number of nitrogens with one attached hydrogen (secondary N) is 1. The largest absolute Gasteiger partial charge is 0.467 e. The molecule has 0 bridgehead atoms. The average molecular weight is 322 g/mol. The number of thiophene rings is 1. The van der Waals surface area contributed by atoms with Gasteiger partial charge in [-0.1, -0.05) is 0 Å². The fourth-order valence-corrected chi connectivity index (χ4v) is 2.80. The van der Waals surface area contributed by atoms with E-state index in [2.05, 4.69) is 32.0 Å². The molecule has 0 saturated heterocycles. The van der Waals surface area contributed by atoms with Gasteiger partial charge < -0.3 is 15.2 Å². The first-order valence-corrected chi connectivity index (χ1v) is 6.82. The first-order valence-electron chi connectivity index (χ1n) is 5.21. The summed E-state index contributed by atoms with van der Waals surface area (Å²) in [4.78, 5) is 12.4. The van der Waals surface area contributed by atoms with Gasteiger partial charge in [-0.15, -0.1) is 11.3 Å². The third-order valence-electron chi connectivity index (χ3n) is 2.27. The Labute approximate surface area is 113 Å². The summed E-state index contributed by atoms with van der Waals surface area (Å²) in [6, 6.07) is 4.06. The molecule has 0 aliphatic rings. The maximum absolute atomic E-state index is 11.2. The van der Waals surface area contributed by atoms with Crippen LogP contribution in [0, 0.1) is 0 Å². The van der Waals surface area contributed by atoms with Crippen molar-refractivity contribution in [2.75, 3.05) is 20.2 Å². The third kappa shape index (κ3) is 4.75. The number of ether oxygens (including phenoxy) is 1. The number of aliphatic hydroxyl groups is 1. The van der Waals surface area contributed by atoms with Gasteiger partial charge in [-0.25, -0.2) is 4.79 Å². The number of carbonyl (C=O) groups is 1. The highest BCUT2D eigenvalue weighted by Gasteiger charge is 2.30. The number of methoxy groups -OCH3 is 1. The molecular formula is C11H16BrNO3S. The van der Waals surface area contributed by atoms with E-state index in [0.29, 0.717) is 6.54 Å². The summed E-state index contributed by atoms with van der Waals surface area (Å²) in [7, 11) is 1.26. The Bertz CT molecular complexity index is 379. The first-order chi connectivity index (χ1) is 7.95. The van der Waals surface area contributed by atoms with Crippen LogP contribution in [0.1, 0.15) is 11.8 Å². The molecule has 96 valence electrons. The molecule has 0 spiro atoms. The zero-order valence-corrected chi connectivity index (χ0v) is 12.2. The summed E-state index contributed by atoms with van der Waals surface area (Å²) in [5.74, 6) is -0.621. The molecule has 17 heavy (non-hydrogen) atoms. The van der Waals surface area contributed by atoms with Crippen LogP contribution in [-0.2, 0) is 16.0 Å². The van der Waals surface area contributed by atoms with Crippen molar-refractivity contribution < 1.29 is 14.6 Å². The SMILES string of the molecule is COC(=O)C(C)(O)CNCCc1ccc(Br)s1. The average Bonchev–Trinajstić information content (AvgIpc) is 2.69. The molecule has 1 rings (SSSR count). The molecule has 6 heteroatoms. The Morgan fingerprint density at radius 3 is 2.88 bits per heavy atom. The molecule has 1 aromatic rings. The lowest BCUT2D eigenvalue weighted by molar-refractivity contribution is -0.159. The van der Waals surface area contributed by atoms with Gasteiger partial charge in [-0.2, -0.15) is 0 Å². The van der Waals surface area contributed by atoms with Gasteiger partial charge in [-0.3, -0.25) is 0 Å². The smallest absolute Gasteiger partial charge is 0.338 e. The quantitative estimate of drug-likeness (QED) is 0.617. The molecule has 0 saturated carbocycles. The molecule has 1 heterocycles. The van der Waals surface area contributed by atoms with E-state index in [0.717, 1.165) is 10.2 Å². The Hall–Kier alpha value is -0.430. The maximum Gasteiger partial charge on any atom is 0.338 e. The van der Waals surface area contributed by atoms with Gasteiger partial charge in [0.1, 0.15) is 0 Å². The van der Waals surface area contributed by atoms with E-state index in [4.69, 9.17) is 0 Å². The second kappa shape index (κ2) is 6.49. The second-order valence-corrected chi connectivity index (χ2v) is 6.45. The summed E-state index contributed by atoms with van der Waals surface area (Å²) in [5, 5.41) is 12.8. The molecule has 0 aliphatic heterocycles. The summed E-state index contributed by atoms with van der Waals surface area (Å²) in [5.41, 5.74) is -1.47. The normalized spacial score (nSPS) is 14.4. The van der Waals surface area contributed by atoms with Crippen molar-refractivity contribution in [1.29, 1.82) is 0 Å². The molecule has 0 radical (unpaired) electrons. The summed E-state index contributed by atoms with van der Waals surface area (Å²) in [6.45, 7) is 2.33. The van der Waals surface area contributed by atoms with Gasteiger partial charge in [0.25, 0.3) is 0 Å². The zero-order chi connectivity index (χ0) is 12.9. The highest BCUT2D eigenvalue weighted by Crippen LogP contribution is 2.22. The van der Waals surface area contributed by atoms with Crippen molar-refractivity contribution >= 4 is 33.2 Å². The minimum atomic E-state index is -1.47. The van der Waals surface area contributed by atoms with Crippen LogP contribution in [0.25, 0.3) is 0 Å². The Balaban J connectivity index is 2.26. The number of hydrogen-bond donors (Lipinski definition) is 2. The van der Waals surface area contributed by atoms with Crippen molar-refractivity contribution in [1.82, 2.24) is 5.32 Å². The minimum absolute atomic E-state index is 0.187. The lowest BCUT2D eigenvalue weighted by atomic mass is 10.1. The van der Waals surface area contributed by atoms with Crippen molar-refractivity contribution in [3.63, 3.8) is 0 Å². The first kappa shape index (κ1) is 14.6. The maximum atomic E-state index is 11.2.